The van der Waals surface area contributed by atoms with Crippen LogP contribution < -0.4 is 5.73 Å². The SMILES string of the molecule is Br.CCCCCCCCCCCC(N)CC. The minimum Gasteiger partial charge on any atom is -0.328 e. The van der Waals surface area contributed by atoms with Crippen LogP contribution in [0.15, 0.2) is 0 Å². The molecule has 0 aliphatic carbocycles. The van der Waals surface area contributed by atoms with Crippen LogP contribution in [0.4, 0.5) is 0 Å². The molecule has 0 saturated heterocycles. The average Bonchev–Trinajstić information content (AvgIpc) is 2.26. The van der Waals surface area contributed by atoms with Crippen LogP contribution in [0.2, 0.25) is 0 Å². The highest BCUT2D eigenvalue weighted by Gasteiger charge is 1.98. The first kappa shape index (κ1) is 18.8. The smallest absolute Gasteiger partial charge is 0.00362 e. The van der Waals surface area contributed by atoms with Crippen molar-refractivity contribution in [1.82, 2.24) is 0 Å². The molecule has 0 fully saturated rings. The average molecular weight is 294 g/mol. The van der Waals surface area contributed by atoms with E-state index >= 15 is 0 Å². The molecule has 0 aliphatic heterocycles. The molecular weight excluding hydrogens is 262 g/mol. The van der Waals surface area contributed by atoms with Gasteiger partial charge in [-0.25, -0.2) is 0 Å². The third-order valence-electron chi connectivity index (χ3n) is 3.20. The van der Waals surface area contributed by atoms with Crippen molar-refractivity contribution in [3.05, 3.63) is 0 Å². The van der Waals surface area contributed by atoms with E-state index < -0.39 is 0 Å². The van der Waals surface area contributed by atoms with Crippen LogP contribution in [0.5, 0.6) is 0 Å². The number of nitrogens with two attached hydrogens (primary N) is 1. The summed E-state index contributed by atoms with van der Waals surface area (Å²) in [6, 6.07) is 0.453. The molecule has 2 heteroatoms. The van der Waals surface area contributed by atoms with Crippen molar-refractivity contribution in [2.24, 2.45) is 5.73 Å². The van der Waals surface area contributed by atoms with Gasteiger partial charge in [0.15, 0.2) is 0 Å². The van der Waals surface area contributed by atoms with Crippen molar-refractivity contribution >= 4 is 17.0 Å². The second kappa shape index (κ2) is 15.4. The number of hydrogen-bond acceptors (Lipinski definition) is 1. The van der Waals surface area contributed by atoms with Crippen molar-refractivity contribution < 1.29 is 0 Å². The summed E-state index contributed by atoms with van der Waals surface area (Å²) in [5, 5.41) is 0. The molecule has 0 saturated carbocycles. The van der Waals surface area contributed by atoms with Gasteiger partial charge in [-0.2, -0.15) is 0 Å². The maximum absolute atomic E-state index is 5.87. The summed E-state index contributed by atoms with van der Waals surface area (Å²) >= 11 is 0. The Labute approximate surface area is 113 Å². The van der Waals surface area contributed by atoms with Crippen LogP contribution in [0.25, 0.3) is 0 Å². The molecule has 16 heavy (non-hydrogen) atoms. The first-order valence-electron chi connectivity index (χ1n) is 7.06. The lowest BCUT2D eigenvalue weighted by Gasteiger charge is -2.07. The highest BCUT2D eigenvalue weighted by Crippen LogP contribution is 2.11. The molecule has 0 spiro atoms. The molecule has 1 unspecified atom stereocenters. The Hall–Kier alpha value is 0.440. The topological polar surface area (TPSA) is 26.0 Å². The van der Waals surface area contributed by atoms with E-state index in [4.69, 9.17) is 5.73 Å². The Morgan fingerprint density at radius 3 is 1.62 bits per heavy atom. The van der Waals surface area contributed by atoms with Gasteiger partial charge in [0.2, 0.25) is 0 Å². The quantitative estimate of drug-likeness (QED) is 0.519. The van der Waals surface area contributed by atoms with Gasteiger partial charge in [-0.15, -0.1) is 17.0 Å². The van der Waals surface area contributed by atoms with Gasteiger partial charge in [0, 0.05) is 6.04 Å². The summed E-state index contributed by atoms with van der Waals surface area (Å²) in [4.78, 5) is 0. The summed E-state index contributed by atoms with van der Waals surface area (Å²) in [6.45, 7) is 4.45. The first-order valence-corrected chi connectivity index (χ1v) is 7.06. The van der Waals surface area contributed by atoms with E-state index in [1.807, 2.05) is 0 Å². The van der Waals surface area contributed by atoms with E-state index in [2.05, 4.69) is 13.8 Å². The third-order valence-corrected chi connectivity index (χ3v) is 3.20. The monoisotopic (exact) mass is 293 g/mol. The van der Waals surface area contributed by atoms with E-state index in [9.17, 15) is 0 Å². The van der Waals surface area contributed by atoms with E-state index in [1.54, 1.807) is 0 Å². The second-order valence-corrected chi connectivity index (χ2v) is 4.79. The van der Waals surface area contributed by atoms with Crippen molar-refractivity contribution in [3.8, 4) is 0 Å². The predicted octanol–water partition coefficient (Wildman–Crippen LogP) is 5.22. The summed E-state index contributed by atoms with van der Waals surface area (Å²) in [5.74, 6) is 0. The Kier molecular flexibility index (Phi) is 18.1. The molecule has 100 valence electrons. The summed E-state index contributed by atoms with van der Waals surface area (Å²) < 4.78 is 0. The lowest BCUT2D eigenvalue weighted by atomic mass is 10.0. The minimum absolute atomic E-state index is 0. The molecule has 0 radical (unpaired) electrons. The highest BCUT2D eigenvalue weighted by atomic mass is 79.9. The molecule has 0 aliphatic rings. The third kappa shape index (κ3) is 14.4. The Bertz CT molecular complexity index is 117. The summed E-state index contributed by atoms with van der Waals surface area (Å²) in [7, 11) is 0. The summed E-state index contributed by atoms with van der Waals surface area (Å²) in [6.07, 6.45) is 15.1. The lowest BCUT2D eigenvalue weighted by molar-refractivity contribution is 0.517. The van der Waals surface area contributed by atoms with Crippen LogP contribution in [-0.4, -0.2) is 6.04 Å². The molecular formula is C14H32BrN. The molecule has 0 aromatic heterocycles. The molecule has 0 bridgehead atoms. The largest absolute Gasteiger partial charge is 0.328 e. The predicted molar refractivity (Wildman–Crippen MR) is 80.4 cm³/mol. The molecule has 0 heterocycles. The van der Waals surface area contributed by atoms with E-state index in [0.717, 1.165) is 6.42 Å². The van der Waals surface area contributed by atoms with Crippen molar-refractivity contribution in [3.63, 3.8) is 0 Å². The fourth-order valence-corrected chi connectivity index (χ4v) is 1.92. The minimum atomic E-state index is 0. The van der Waals surface area contributed by atoms with Gasteiger partial charge in [0.25, 0.3) is 0 Å². The summed E-state index contributed by atoms with van der Waals surface area (Å²) in [5.41, 5.74) is 5.87. The zero-order valence-electron chi connectivity index (χ0n) is 11.3. The molecule has 0 rings (SSSR count). The van der Waals surface area contributed by atoms with Gasteiger partial charge in [0.05, 0.1) is 0 Å². The van der Waals surface area contributed by atoms with Crippen LogP contribution >= 0.6 is 17.0 Å². The second-order valence-electron chi connectivity index (χ2n) is 4.79. The van der Waals surface area contributed by atoms with Gasteiger partial charge in [-0.05, 0) is 12.8 Å². The van der Waals surface area contributed by atoms with Crippen LogP contribution in [0, 0.1) is 0 Å². The van der Waals surface area contributed by atoms with Gasteiger partial charge < -0.3 is 5.73 Å². The standard InChI is InChI=1S/C14H31N.BrH/c1-3-5-6-7-8-9-10-11-12-13-14(15)4-2;/h14H,3-13,15H2,1-2H3;1H. The highest BCUT2D eigenvalue weighted by molar-refractivity contribution is 8.93. The van der Waals surface area contributed by atoms with E-state index in [0.29, 0.717) is 6.04 Å². The Morgan fingerprint density at radius 2 is 1.19 bits per heavy atom. The fourth-order valence-electron chi connectivity index (χ4n) is 1.92. The van der Waals surface area contributed by atoms with Crippen molar-refractivity contribution in [2.45, 2.75) is 90.5 Å². The molecule has 1 atom stereocenters. The van der Waals surface area contributed by atoms with Gasteiger partial charge >= 0.3 is 0 Å². The number of halogens is 1. The first-order chi connectivity index (χ1) is 7.31. The molecule has 2 N–H and O–H groups in total. The van der Waals surface area contributed by atoms with Crippen LogP contribution in [0.3, 0.4) is 0 Å². The van der Waals surface area contributed by atoms with Crippen LogP contribution in [-0.2, 0) is 0 Å². The fraction of sp³-hybridized carbons (Fsp3) is 1.00. The van der Waals surface area contributed by atoms with E-state index in [1.165, 1.54) is 64.2 Å². The maximum Gasteiger partial charge on any atom is 0.00362 e. The van der Waals surface area contributed by atoms with Gasteiger partial charge in [-0.3, -0.25) is 0 Å². The Morgan fingerprint density at radius 1 is 0.750 bits per heavy atom. The number of hydrogen-bond donors (Lipinski definition) is 1. The maximum atomic E-state index is 5.87. The van der Waals surface area contributed by atoms with Gasteiger partial charge in [0.1, 0.15) is 0 Å². The van der Waals surface area contributed by atoms with E-state index in [-0.39, 0.29) is 17.0 Å². The molecule has 0 amide bonds. The molecule has 1 nitrogen and oxygen atoms in total. The Balaban J connectivity index is 0. The lowest BCUT2D eigenvalue weighted by Crippen LogP contribution is -2.17. The van der Waals surface area contributed by atoms with Crippen molar-refractivity contribution in [1.29, 1.82) is 0 Å². The van der Waals surface area contributed by atoms with Gasteiger partial charge in [-0.1, -0.05) is 71.6 Å². The van der Waals surface area contributed by atoms with Crippen molar-refractivity contribution in [2.75, 3.05) is 0 Å². The molecule has 0 aromatic rings. The molecule has 0 aromatic carbocycles. The number of unbranched alkanes of at least 4 members (excludes halogenated alkanes) is 8. The number of rotatable bonds is 11. The zero-order chi connectivity index (χ0) is 11.4. The van der Waals surface area contributed by atoms with Crippen LogP contribution in [0.1, 0.15) is 84.5 Å². The normalized spacial score (nSPS) is 12.2. The zero-order valence-corrected chi connectivity index (χ0v) is 13.1.